The zero-order valence-electron chi connectivity index (χ0n) is 19.6. The maximum atomic E-state index is 13.0. The second kappa shape index (κ2) is 8.70. The Bertz CT molecular complexity index is 710. The topological polar surface area (TPSA) is 55.3 Å². The molecular formula is C24H40ClNO2S. The molecule has 0 amide bonds. The van der Waals surface area contributed by atoms with E-state index in [4.69, 9.17) is 11.6 Å². The molecule has 0 bridgehead atoms. The lowest BCUT2D eigenvalue weighted by atomic mass is 9.74. The number of aliphatic hydroxyl groups excluding tert-OH is 1. The third-order valence-corrected chi connectivity index (χ3v) is 8.56. The SMILES string of the molecule is CC(C)C(CO)[C@@](C)(N[S+]([O-])C(C)(C)C)c1ccc([C@@H]2C[C@H]2C(C)(C)C)c(Cl)c1. The molecule has 1 fully saturated rings. The van der Waals surface area contributed by atoms with Crippen molar-refractivity contribution in [3.05, 3.63) is 34.3 Å². The molecule has 0 radical (unpaired) electrons. The molecule has 1 saturated carbocycles. The quantitative estimate of drug-likeness (QED) is 0.508. The van der Waals surface area contributed by atoms with Gasteiger partial charge in [-0.05, 0) is 74.5 Å². The summed E-state index contributed by atoms with van der Waals surface area (Å²) in [7, 11) is 0. The van der Waals surface area contributed by atoms with E-state index in [2.05, 4.69) is 51.5 Å². The molecule has 2 N–H and O–H groups in total. The van der Waals surface area contributed by atoms with E-state index in [1.54, 1.807) is 0 Å². The van der Waals surface area contributed by atoms with Crippen LogP contribution in [0.1, 0.15) is 85.8 Å². The van der Waals surface area contributed by atoms with Gasteiger partial charge in [-0.3, -0.25) is 0 Å². The monoisotopic (exact) mass is 441 g/mol. The number of rotatable bonds is 7. The highest BCUT2D eigenvalue weighted by atomic mass is 35.5. The molecule has 1 aromatic carbocycles. The predicted octanol–water partition coefficient (Wildman–Crippen LogP) is 6.02. The molecule has 5 atom stereocenters. The number of benzene rings is 1. The first-order chi connectivity index (χ1) is 13.1. The summed E-state index contributed by atoms with van der Waals surface area (Å²) in [6.07, 6.45) is 1.18. The van der Waals surface area contributed by atoms with Gasteiger partial charge in [0.25, 0.3) is 0 Å². The van der Waals surface area contributed by atoms with E-state index in [9.17, 15) is 9.66 Å². The molecule has 2 unspecified atom stereocenters. The molecule has 0 heterocycles. The molecule has 1 aromatic rings. The largest absolute Gasteiger partial charge is 0.598 e. The molecule has 166 valence electrons. The normalized spacial score (nSPS) is 24.3. The summed E-state index contributed by atoms with van der Waals surface area (Å²) in [6, 6.07) is 6.27. The van der Waals surface area contributed by atoms with Gasteiger partial charge in [0.1, 0.15) is 4.75 Å². The zero-order valence-corrected chi connectivity index (χ0v) is 21.2. The van der Waals surface area contributed by atoms with Gasteiger partial charge in [0.2, 0.25) is 0 Å². The Hall–Kier alpha value is -0.260. The summed E-state index contributed by atoms with van der Waals surface area (Å²) in [5.74, 6) is 1.28. The third-order valence-electron chi connectivity index (χ3n) is 6.51. The summed E-state index contributed by atoms with van der Waals surface area (Å²) >= 11 is 5.50. The van der Waals surface area contributed by atoms with Crippen LogP contribution in [-0.4, -0.2) is 21.0 Å². The second-order valence-corrected chi connectivity index (χ2v) is 13.6. The number of aliphatic hydroxyl groups is 1. The first-order valence-corrected chi connectivity index (χ1v) is 12.3. The van der Waals surface area contributed by atoms with Gasteiger partial charge in [-0.1, -0.05) is 58.4 Å². The molecule has 0 aromatic heterocycles. The summed E-state index contributed by atoms with van der Waals surface area (Å²) in [4.78, 5) is 0. The van der Waals surface area contributed by atoms with E-state index >= 15 is 0 Å². The highest BCUT2D eigenvalue weighted by Gasteiger charge is 2.48. The van der Waals surface area contributed by atoms with E-state index in [0.717, 1.165) is 10.6 Å². The maximum Gasteiger partial charge on any atom is 0.136 e. The number of nitrogens with one attached hydrogen (secondary N) is 1. The molecule has 1 aliphatic rings. The molecule has 1 aliphatic carbocycles. The number of halogens is 1. The first-order valence-electron chi connectivity index (χ1n) is 10.7. The minimum absolute atomic E-state index is 0.0105. The van der Waals surface area contributed by atoms with E-state index in [0.29, 0.717) is 11.8 Å². The van der Waals surface area contributed by atoms with Gasteiger partial charge < -0.3 is 9.66 Å². The molecule has 0 saturated heterocycles. The van der Waals surface area contributed by atoms with E-state index in [-0.39, 0.29) is 23.9 Å². The fourth-order valence-electron chi connectivity index (χ4n) is 4.40. The van der Waals surface area contributed by atoms with Gasteiger partial charge in [-0.15, -0.1) is 4.72 Å². The van der Waals surface area contributed by atoms with Crippen LogP contribution in [0.2, 0.25) is 5.02 Å². The van der Waals surface area contributed by atoms with Crippen molar-refractivity contribution in [3.8, 4) is 0 Å². The average molecular weight is 442 g/mol. The Morgan fingerprint density at radius 3 is 2.14 bits per heavy atom. The van der Waals surface area contributed by atoms with Gasteiger partial charge >= 0.3 is 0 Å². The highest BCUT2D eigenvalue weighted by Crippen LogP contribution is 2.58. The van der Waals surface area contributed by atoms with Gasteiger partial charge in [-0.2, -0.15) is 0 Å². The summed E-state index contributed by atoms with van der Waals surface area (Å²) in [5, 5.41) is 11.0. The minimum Gasteiger partial charge on any atom is -0.598 e. The van der Waals surface area contributed by atoms with Crippen LogP contribution in [-0.2, 0) is 16.9 Å². The zero-order chi connectivity index (χ0) is 22.4. The summed E-state index contributed by atoms with van der Waals surface area (Å²) < 4.78 is 16.0. The highest BCUT2D eigenvalue weighted by molar-refractivity contribution is 7.90. The standard InChI is InChI=1S/C24H40ClNO2S/c1-15(2)20(14-27)24(9,26-29(28)23(6,7)8)16-10-11-17(21(25)12-16)18-13-19(18)22(3,4)5/h10-12,15,18-20,26-27H,13-14H2,1-9H3/t18-,19+,20?,24-,29?/m0/s1. The van der Waals surface area contributed by atoms with Crippen molar-refractivity contribution in [2.24, 2.45) is 23.2 Å². The van der Waals surface area contributed by atoms with Crippen molar-refractivity contribution >= 4 is 23.0 Å². The molecule has 0 spiro atoms. The lowest BCUT2D eigenvalue weighted by Gasteiger charge is -2.42. The van der Waals surface area contributed by atoms with Crippen LogP contribution in [0.5, 0.6) is 0 Å². The summed E-state index contributed by atoms with van der Waals surface area (Å²) in [6.45, 7) is 19.0. The third kappa shape index (κ3) is 5.51. The Morgan fingerprint density at radius 2 is 1.76 bits per heavy atom. The fraction of sp³-hybridized carbons (Fsp3) is 0.750. The van der Waals surface area contributed by atoms with Crippen LogP contribution < -0.4 is 4.72 Å². The minimum atomic E-state index is -1.28. The molecule has 0 aliphatic heterocycles. The fourth-order valence-corrected chi connectivity index (χ4v) is 5.68. The maximum absolute atomic E-state index is 13.0. The van der Waals surface area contributed by atoms with Gasteiger partial charge in [-0.25, -0.2) is 0 Å². The van der Waals surface area contributed by atoms with Crippen LogP contribution in [0.15, 0.2) is 18.2 Å². The van der Waals surface area contributed by atoms with Crippen molar-refractivity contribution in [2.45, 2.75) is 84.9 Å². The lowest BCUT2D eigenvalue weighted by molar-refractivity contribution is 0.110. The number of hydrogen-bond donors (Lipinski definition) is 2. The Kier molecular flexibility index (Phi) is 7.50. The second-order valence-electron chi connectivity index (χ2n) is 11.3. The van der Waals surface area contributed by atoms with Crippen LogP contribution in [0, 0.1) is 23.2 Å². The summed E-state index contributed by atoms with van der Waals surface area (Å²) in [5.41, 5.74) is 1.81. The van der Waals surface area contributed by atoms with Crippen LogP contribution in [0.25, 0.3) is 0 Å². The van der Waals surface area contributed by atoms with Crippen LogP contribution in [0.3, 0.4) is 0 Å². The van der Waals surface area contributed by atoms with E-state index in [1.807, 2.05) is 33.8 Å². The average Bonchev–Trinajstić information content (AvgIpc) is 3.34. The van der Waals surface area contributed by atoms with Gasteiger partial charge in [0, 0.05) is 28.9 Å². The van der Waals surface area contributed by atoms with Crippen molar-refractivity contribution in [1.29, 1.82) is 0 Å². The molecule has 2 rings (SSSR count). The van der Waals surface area contributed by atoms with E-state index in [1.165, 1.54) is 12.0 Å². The Labute approximate surface area is 186 Å². The van der Waals surface area contributed by atoms with Gasteiger partial charge in [0.15, 0.2) is 0 Å². The molecular weight excluding hydrogens is 402 g/mol. The molecule has 3 nitrogen and oxygen atoms in total. The lowest BCUT2D eigenvalue weighted by Crippen LogP contribution is -2.55. The predicted molar refractivity (Wildman–Crippen MR) is 126 cm³/mol. The molecule has 29 heavy (non-hydrogen) atoms. The van der Waals surface area contributed by atoms with Gasteiger partial charge in [0.05, 0.1) is 5.54 Å². The van der Waals surface area contributed by atoms with Crippen LogP contribution in [0.4, 0.5) is 0 Å². The first kappa shape index (κ1) is 25.0. The van der Waals surface area contributed by atoms with Crippen LogP contribution >= 0.6 is 11.6 Å². The van der Waals surface area contributed by atoms with E-state index < -0.39 is 21.6 Å². The molecule has 5 heteroatoms. The smallest absolute Gasteiger partial charge is 0.136 e. The van der Waals surface area contributed by atoms with Crippen molar-refractivity contribution < 1.29 is 9.66 Å². The van der Waals surface area contributed by atoms with Crippen molar-refractivity contribution in [3.63, 3.8) is 0 Å². The van der Waals surface area contributed by atoms with Crippen molar-refractivity contribution in [2.75, 3.05) is 6.61 Å². The number of hydrogen-bond acceptors (Lipinski definition) is 3. The Balaban J connectivity index is 2.42. The van der Waals surface area contributed by atoms with Crippen molar-refractivity contribution in [1.82, 2.24) is 4.72 Å². The Morgan fingerprint density at radius 1 is 1.17 bits per heavy atom.